The summed E-state index contributed by atoms with van der Waals surface area (Å²) in [5, 5.41) is 21.5. The van der Waals surface area contributed by atoms with Gasteiger partial charge in [0.05, 0.1) is 18.3 Å². The molecule has 0 bridgehead atoms. The number of nitrogens with one attached hydrogen (secondary N) is 1. The number of aliphatic hydroxyl groups is 1. The highest BCUT2D eigenvalue weighted by Gasteiger charge is 2.62. The number of aromatic nitrogens is 2. The Balaban J connectivity index is 1.85. The number of carbonyl (C=O) groups excluding carboxylic acids is 1. The molecule has 2 aliphatic heterocycles. The monoisotopic (exact) mass is 563 g/mol. The molecule has 3 heterocycles. The van der Waals surface area contributed by atoms with Gasteiger partial charge < -0.3 is 20.4 Å². The number of likely N-dealkylation sites (tertiary alicyclic amines) is 1. The Labute approximate surface area is 210 Å². The molecule has 1 aromatic heterocycles. The van der Waals surface area contributed by atoms with Gasteiger partial charge in [-0.3, -0.25) is 9.69 Å². The summed E-state index contributed by atoms with van der Waals surface area (Å²) < 4.78 is 107. The van der Waals surface area contributed by atoms with Crippen LogP contribution in [0.3, 0.4) is 0 Å². The molecule has 1 aromatic rings. The van der Waals surface area contributed by atoms with E-state index >= 15 is 0 Å². The predicted octanol–water partition coefficient (Wildman–Crippen LogP) is 3.11. The van der Waals surface area contributed by atoms with Gasteiger partial charge in [-0.15, -0.1) is 0 Å². The van der Waals surface area contributed by atoms with E-state index in [1.54, 1.807) is 4.90 Å². The molecule has 2 aliphatic rings. The topological polar surface area (TPSA) is 119 Å². The summed E-state index contributed by atoms with van der Waals surface area (Å²) in [4.78, 5) is 32.2. The van der Waals surface area contributed by atoms with Gasteiger partial charge in [-0.1, -0.05) is 6.92 Å². The number of nitrogens with zero attached hydrogens (tertiary/aromatic N) is 4. The lowest BCUT2D eigenvalue weighted by Gasteiger charge is -2.38. The number of hydrogen-bond acceptors (Lipinski definition) is 6. The number of amides is 2. The number of aliphatic hydroxyl groups excluding tert-OH is 1. The van der Waals surface area contributed by atoms with E-state index in [4.69, 9.17) is 5.11 Å². The van der Waals surface area contributed by atoms with Crippen molar-refractivity contribution in [3.8, 4) is 0 Å². The number of piperidine rings is 1. The molecule has 0 aliphatic carbocycles. The number of alkyl halides is 8. The quantitative estimate of drug-likeness (QED) is 0.456. The Hall–Kier alpha value is -2.82. The molecule has 0 radical (unpaired) electrons. The highest BCUT2D eigenvalue weighted by Crippen LogP contribution is 2.44. The zero-order valence-electron chi connectivity index (χ0n) is 19.9. The minimum Gasteiger partial charge on any atom is -0.465 e. The molecule has 17 heteroatoms. The standard InChI is InChI=1S/C21H25F8N5O4/c1-10-2-3-14(35)34(7-10)8-11(30-18(37)38)6-15(36)33-5-4-12-13(9-33)31-17(19(22,23)21(27,28)29)32-16(12)20(24,25)26/h10-11,14,30,35H,2-9H2,1H3,(H,37,38)/t10-,11+,14?/m1/s1. The maximum absolute atomic E-state index is 13.8. The van der Waals surface area contributed by atoms with Gasteiger partial charge in [0, 0.05) is 31.6 Å². The third kappa shape index (κ3) is 6.59. The van der Waals surface area contributed by atoms with Gasteiger partial charge in [0.2, 0.25) is 11.7 Å². The zero-order valence-corrected chi connectivity index (χ0v) is 19.9. The molecule has 0 aromatic carbocycles. The minimum absolute atomic E-state index is 0.0731. The van der Waals surface area contributed by atoms with Crippen molar-refractivity contribution < 1.29 is 54.9 Å². The van der Waals surface area contributed by atoms with Gasteiger partial charge in [-0.25, -0.2) is 14.8 Å². The van der Waals surface area contributed by atoms with Crippen LogP contribution in [0.5, 0.6) is 0 Å². The van der Waals surface area contributed by atoms with Crippen LogP contribution in [0.4, 0.5) is 39.9 Å². The second-order valence-electron chi connectivity index (χ2n) is 9.42. The third-order valence-electron chi connectivity index (χ3n) is 6.41. The summed E-state index contributed by atoms with van der Waals surface area (Å²) in [6.07, 6.45) is -13.9. The predicted molar refractivity (Wildman–Crippen MR) is 112 cm³/mol. The summed E-state index contributed by atoms with van der Waals surface area (Å²) in [5.41, 5.74) is -3.45. The van der Waals surface area contributed by atoms with Crippen LogP contribution in [0, 0.1) is 5.92 Å². The van der Waals surface area contributed by atoms with Crippen LogP contribution in [0.25, 0.3) is 0 Å². The van der Waals surface area contributed by atoms with Crippen molar-refractivity contribution in [3.05, 3.63) is 22.8 Å². The lowest BCUT2D eigenvalue weighted by atomic mass is 9.98. The Kier molecular flexibility index (Phi) is 8.41. The molecule has 214 valence electrons. The van der Waals surface area contributed by atoms with Gasteiger partial charge in [0.1, 0.15) is 6.23 Å². The van der Waals surface area contributed by atoms with Crippen LogP contribution in [0.15, 0.2) is 0 Å². The van der Waals surface area contributed by atoms with Crippen LogP contribution >= 0.6 is 0 Å². The van der Waals surface area contributed by atoms with Crippen LogP contribution in [0.1, 0.15) is 49.0 Å². The molecule has 1 saturated heterocycles. The Morgan fingerprint density at radius 1 is 1.11 bits per heavy atom. The van der Waals surface area contributed by atoms with E-state index in [9.17, 15) is 49.8 Å². The minimum atomic E-state index is -6.26. The summed E-state index contributed by atoms with van der Waals surface area (Å²) in [5.74, 6) is -8.78. The molecule has 9 nitrogen and oxygen atoms in total. The van der Waals surface area contributed by atoms with Crippen LogP contribution in [-0.2, 0) is 29.9 Å². The third-order valence-corrected chi connectivity index (χ3v) is 6.41. The van der Waals surface area contributed by atoms with E-state index in [0.29, 0.717) is 13.0 Å². The van der Waals surface area contributed by atoms with Crippen LogP contribution in [-0.4, -0.2) is 80.1 Å². The molecule has 1 unspecified atom stereocenters. The second kappa shape index (κ2) is 10.7. The Morgan fingerprint density at radius 2 is 1.76 bits per heavy atom. The number of hydrogen-bond donors (Lipinski definition) is 3. The number of carbonyl (C=O) groups is 2. The van der Waals surface area contributed by atoms with E-state index in [-0.39, 0.29) is 19.0 Å². The summed E-state index contributed by atoms with van der Waals surface area (Å²) >= 11 is 0. The fourth-order valence-corrected chi connectivity index (χ4v) is 4.53. The SMILES string of the molecule is C[C@@H]1CCC(O)N(C[C@H](CC(=O)N2CCc3c(nc(C(F)(F)C(F)(F)F)nc3C(F)(F)F)C2)NC(=O)O)C1. The lowest BCUT2D eigenvalue weighted by molar-refractivity contribution is -0.293. The fourth-order valence-electron chi connectivity index (χ4n) is 4.53. The van der Waals surface area contributed by atoms with Crippen molar-refractivity contribution in [2.75, 3.05) is 19.6 Å². The first-order valence-corrected chi connectivity index (χ1v) is 11.5. The van der Waals surface area contributed by atoms with Gasteiger partial charge >= 0.3 is 24.4 Å². The molecule has 38 heavy (non-hydrogen) atoms. The summed E-state index contributed by atoms with van der Waals surface area (Å²) in [6, 6.07) is -1.05. The molecule has 2 amide bonds. The smallest absolute Gasteiger partial charge is 0.461 e. The first-order chi connectivity index (χ1) is 17.4. The van der Waals surface area contributed by atoms with Gasteiger partial charge in [-0.05, 0) is 25.2 Å². The maximum Gasteiger partial charge on any atom is 0.461 e. The van der Waals surface area contributed by atoms with E-state index in [0.717, 1.165) is 11.3 Å². The van der Waals surface area contributed by atoms with Gasteiger partial charge in [0.15, 0.2) is 5.69 Å². The van der Waals surface area contributed by atoms with Crippen LogP contribution < -0.4 is 5.32 Å². The number of carboxylic acid groups (broad SMARTS) is 1. The largest absolute Gasteiger partial charge is 0.465 e. The molecule has 0 spiro atoms. The van der Waals surface area contributed by atoms with Crippen molar-refractivity contribution in [1.29, 1.82) is 0 Å². The molecular weight excluding hydrogens is 538 g/mol. The van der Waals surface area contributed by atoms with E-state index < -0.39 is 84.7 Å². The second-order valence-corrected chi connectivity index (χ2v) is 9.42. The Bertz CT molecular complexity index is 1050. The number of halogens is 8. The molecule has 3 atom stereocenters. The van der Waals surface area contributed by atoms with E-state index in [1.165, 1.54) is 0 Å². The average Bonchev–Trinajstić information content (AvgIpc) is 2.78. The van der Waals surface area contributed by atoms with Crippen molar-refractivity contribution >= 4 is 12.0 Å². The molecular formula is C21H25F8N5O4. The number of rotatable bonds is 6. The van der Waals surface area contributed by atoms with Crippen LogP contribution in [0.2, 0.25) is 0 Å². The van der Waals surface area contributed by atoms with Crippen molar-refractivity contribution in [2.24, 2.45) is 5.92 Å². The van der Waals surface area contributed by atoms with Crippen molar-refractivity contribution in [2.45, 2.75) is 69.7 Å². The average molecular weight is 563 g/mol. The summed E-state index contributed by atoms with van der Waals surface area (Å²) in [7, 11) is 0. The van der Waals surface area contributed by atoms with E-state index in [2.05, 4.69) is 15.3 Å². The van der Waals surface area contributed by atoms with E-state index in [1.807, 2.05) is 6.92 Å². The molecule has 1 fully saturated rings. The summed E-state index contributed by atoms with van der Waals surface area (Å²) in [6.45, 7) is 1.08. The van der Waals surface area contributed by atoms with Gasteiger partial charge in [0.25, 0.3) is 0 Å². The normalized spacial score (nSPS) is 22.1. The highest BCUT2D eigenvalue weighted by atomic mass is 19.4. The first-order valence-electron chi connectivity index (χ1n) is 11.5. The number of fused-ring (bicyclic) bond motifs is 1. The highest BCUT2D eigenvalue weighted by molar-refractivity contribution is 5.78. The maximum atomic E-state index is 13.8. The Morgan fingerprint density at radius 3 is 2.34 bits per heavy atom. The lowest BCUT2D eigenvalue weighted by Crippen LogP contribution is -2.52. The zero-order chi connectivity index (χ0) is 28.6. The molecule has 3 rings (SSSR count). The van der Waals surface area contributed by atoms with Crippen molar-refractivity contribution in [3.63, 3.8) is 0 Å². The molecule has 0 saturated carbocycles. The van der Waals surface area contributed by atoms with Crippen molar-refractivity contribution in [1.82, 2.24) is 25.1 Å². The fraction of sp³-hybridized carbons (Fsp3) is 0.714. The first kappa shape index (κ1) is 29.7. The van der Waals surface area contributed by atoms with Gasteiger partial charge in [-0.2, -0.15) is 35.1 Å². The molecule has 3 N–H and O–H groups in total.